The quantitative estimate of drug-likeness (QED) is 0.754. The summed E-state index contributed by atoms with van der Waals surface area (Å²) in [6.45, 7) is 4.26. The molecule has 1 saturated carbocycles. The molecule has 1 heterocycles. The van der Waals surface area contributed by atoms with Crippen LogP contribution in [0.2, 0.25) is 0 Å². The van der Waals surface area contributed by atoms with E-state index in [4.69, 9.17) is 0 Å². The van der Waals surface area contributed by atoms with E-state index in [0.29, 0.717) is 11.8 Å². The van der Waals surface area contributed by atoms with Gasteiger partial charge in [-0.3, -0.25) is 0 Å². The Bertz CT molecular complexity index is 332. The first-order chi connectivity index (χ1) is 6.66. The molecule has 2 nitrogen and oxygen atoms in total. The summed E-state index contributed by atoms with van der Waals surface area (Å²) in [5, 5.41) is 0. The SMILES string of the molecule is CC(C)c1nc(Br)cc(C2CCC2)n1. The van der Waals surface area contributed by atoms with Gasteiger partial charge in [-0.2, -0.15) is 0 Å². The first kappa shape index (κ1) is 10.1. The van der Waals surface area contributed by atoms with Gasteiger partial charge in [0.05, 0.1) is 0 Å². The van der Waals surface area contributed by atoms with E-state index < -0.39 is 0 Å². The maximum absolute atomic E-state index is 4.61. The van der Waals surface area contributed by atoms with E-state index in [0.717, 1.165) is 10.4 Å². The number of hydrogen-bond donors (Lipinski definition) is 0. The van der Waals surface area contributed by atoms with E-state index in [-0.39, 0.29) is 0 Å². The minimum atomic E-state index is 0.409. The lowest BCUT2D eigenvalue weighted by Crippen LogP contribution is -2.13. The zero-order chi connectivity index (χ0) is 10.1. The Labute approximate surface area is 93.3 Å². The maximum Gasteiger partial charge on any atom is 0.132 e. The monoisotopic (exact) mass is 254 g/mol. The van der Waals surface area contributed by atoms with Crippen LogP contribution in [-0.4, -0.2) is 9.97 Å². The fourth-order valence-corrected chi connectivity index (χ4v) is 2.04. The molecule has 0 amide bonds. The lowest BCUT2D eigenvalue weighted by Gasteiger charge is -2.25. The summed E-state index contributed by atoms with van der Waals surface area (Å²) in [6.07, 6.45) is 3.94. The molecule has 3 heteroatoms. The van der Waals surface area contributed by atoms with Crippen molar-refractivity contribution in [2.75, 3.05) is 0 Å². The van der Waals surface area contributed by atoms with Crippen LogP contribution in [0, 0.1) is 0 Å². The third-order valence-electron chi connectivity index (χ3n) is 2.77. The Morgan fingerprint density at radius 2 is 2.07 bits per heavy atom. The third kappa shape index (κ3) is 1.97. The summed E-state index contributed by atoms with van der Waals surface area (Å²) >= 11 is 3.45. The first-order valence-corrected chi connectivity index (χ1v) is 6.00. The van der Waals surface area contributed by atoms with Gasteiger partial charge in [0, 0.05) is 17.5 Å². The normalized spacial score (nSPS) is 17.1. The number of hydrogen-bond acceptors (Lipinski definition) is 2. The molecule has 0 N–H and O–H groups in total. The van der Waals surface area contributed by atoms with Crippen molar-refractivity contribution in [3.63, 3.8) is 0 Å². The van der Waals surface area contributed by atoms with Crippen LogP contribution in [0.5, 0.6) is 0 Å². The highest BCUT2D eigenvalue weighted by atomic mass is 79.9. The summed E-state index contributed by atoms with van der Waals surface area (Å²) in [7, 11) is 0. The van der Waals surface area contributed by atoms with E-state index >= 15 is 0 Å². The molecule has 1 aliphatic rings. The van der Waals surface area contributed by atoms with Crippen molar-refractivity contribution in [2.24, 2.45) is 0 Å². The molecule has 1 fully saturated rings. The van der Waals surface area contributed by atoms with Crippen molar-refractivity contribution < 1.29 is 0 Å². The molecule has 1 aromatic rings. The van der Waals surface area contributed by atoms with Gasteiger partial charge in [-0.15, -0.1) is 0 Å². The highest BCUT2D eigenvalue weighted by molar-refractivity contribution is 9.10. The van der Waals surface area contributed by atoms with Gasteiger partial charge in [-0.1, -0.05) is 20.3 Å². The molecular formula is C11H15BrN2. The Morgan fingerprint density at radius 1 is 1.36 bits per heavy atom. The van der Waals surface area contributed by atoms with Gasteiger partial charge in [-0.25, -0.2) is 9.97 Å². The van der Waals surface area contributed by atoms with Gasteiger partial charge in [0.15, 0.2) is 0 Å². The lowest BCUT2D eigenvalue weighted by atomic mass is 9.83. The van der Waals surface area contributed by atoms with Crippen LogP contribution < -0.4 is 0 Å². The molecule has 0 aromatic carbocycles. The number of aromatic nitrogens is 2. The van der Waals surface area contributed by atoms with E-state index in [1.54, 1.807) is 0 Å². The topological polar surface area (TPSA) is 25.8 Å². The molecule has 2 rings (SSSR count). The molecule has 0 unspecified atom stereocenters. The average Bonchev–Trinajstić information content (AvgIpc) is 1.99. The summed E-state index contributed by atoms with van der Waals surface area (Å²) in [6, 6.07) is 2.07. The van der Waals surface area contributed by atoms with Crippen molar-refractivity contribution >= 4 is 15.9 Å². The Morgan fingerprint density at radius 3 is 2.57 bits per heavy atom. The lowest BCUT2D eigenvalue weighted by molar-refractivity contribution is 0.408. The van der Waals surface area contributed by atoms with Crippen molar-refractivity contribution in [3.05, 3.63) is 22.2 Å². The van der Waals surface area contributed by atoms with Crippen LogP contribution in [0.3, 0.4) is 0 Å². The molecular weight excluding hydrogens is 240 g/mol. The molecule has 76 valence electrons. The molecule has 0 spiro atoms. The average molecular weight is 255 g/mol. The zero-order valence-corrected chi connectivity index (χ0v) is 10.2. The third-order valence-corrected chi connectivity index (χ3v) is 3.18. The predicted octanol–water partition coefficient (Wildman–Crippen LogP) is 3.63. The molecule has 14 heavy (non-hydrogen) atoms. The molecule has 1 aromatic heterocycles. The smallest absolute Gasteiger partial charge is 0.132 e. The van der Waals surface area contributed by atoms with Crippen LogP contribution in [-0.2, 0) is 0 Å². The summed E-state index contributed by atoms with van der Waals surface area (Å²) in [5.41, 5.74) is 1.22. The predicted molar refractivity (Wildman–Crippen MR) is 60.4 cm³/mol. The second-order valence-electron chi connectivity index (χ2n) is 4.26. The highest BCUT2D eigenvalue weighted by Gasteiger charge is 2.22. The second-order valence-corrected chi connectivity index (χ2v) is 5.07. The van der Waals surface area contributed by atoms with Crippen LogP contribution in [0.4, 0.5) is 0 Å². The molecule has 0 aliphatic heterocycles. The van der Waals surface area contributed by atoms with E-state index in [1.807, 2.05) is 0 Å². The number of halogens is 1. The van der Waals surface area contributed by atoms with Gasteiger partial charge >= 0.3 is 0 Å². The number of nitrogens with zero attached hydrogens (tertiary/aromatic N) is 2. The molecule has 1 aliphatic carbocycles. The van der Waals surface area contributed by atoms with Crippen LogP contribution in [0.15, 0.2) is 10.7 Å². The maximum atomic E-state index is 4.61. The highest BCUT2D eigenvalue weighted by Crippen LogP contribution is 2.36. The Balaban J connectivity index is 2.30. The molecule has 0 saturated heterocycles. The fraction of sp³-hybridized carbons (Fsp3) is 0.636. The first-order valence-electron chi connectivity index (χ1n) is 5.21. The zero-order valence-electron chi connectivity index (χ0n) is 8.63. The van der Waals surface area contributed by atoms with Gasteiger partial charge in [-0.05, 0) is 34.8 Å². The Hall–Kier alpha value is -0.440. The van der Waals surface area contributed by atoms with Crippen molar-refractivity contribution in [3.8, 4) is 0 Å². The molecule has 0 bridgehead atoms. The van der Waals surface area contributed by atoms with E-state index in [2.05, 4.69) is 45.8 Å². The fourth-order valence-electron chi connectivity index (χ4n) is 1.62. The van der Waals surface area contributed by atoms with Crippen molar-refractivity contribution in [2.45, 2.75) is 44.9 Å². The second kappa shape index (κ2) is 3.97. The van der Waals surface area contributed by atoms with Gasteiger partial charge in [0.25, 0.3) is 0 Å². The van der Waals surface area contributed by atoms with Gasteiger partial charge < -0.3 is 0 Å². The number of rotatable bonds is 2. The minimum absolute atomic E-state index is 0.409. The standard InChI is InChI=1S/C11H15BrN2/c1-7(2)11-13-9(6-10(12)14-11)8-4-3-5-8/h6-8H,3-5H2,1-2H3. The summed E-state index contributed by atoms with van der Waals surface area (Å²) < 4.78 is 0.929. The van der Waals surface area contributed by atoms with E-state index in [9.17, 15) is 0 Å². The Kier molecular flexibility index (Phi) is 2.86. The molecule has 0 atom stereocenters. The van der Waals surface area contributed by atoms with Gasteiger partial charge in [0.2, 0.25) is 0 Å². The summed E-state index contributed by atoms with van der Waals surface area (Å²) in [4.78, 5) is 8.99. The van der Waals surface area contributed by atoms with Crippen molar-refractivity contribution in [1.82, 2.24) is 9.97 Å². The van der Waals surface area contributed by atoms with Gasteiger partial charge in [0.1, 0.15) is 10.4 Å². The van der Waals surface area contributed by atoms with Crippen molar-refractivity contribution in [1.29, 1.82) is 0 Å². The van der Waals surface area contributed by atoms with Crippen LogP contribution in [0.25, 0.3) is 0 Å². The van der Waals surface area contributed by atoms with Crippen LogP contribution in [0.1, 0.15) is 56.5 Å². The largest absolute Gasteiger partial charge is 0.237 e. The summed E-state index contributed by atoms with van der Waals surface area (Å²) in [5.74, 6) is 2.06. The minimum Gasteiger partial charge on any atom is -0.237 e. The van der Waals surface area contributed by atoms with E-state index in [1.165, 1.54) is 25.0 Å². The van der Waals surface area contributed by atoms with Crippen LogP contribution >= 0.6 is 15.9 Å². The molecule has 0 radical (unpaired) electrons.